The summed E-state index contributed by atoms with van der Waals surface area (Å²) in [5, 5.41) is 0. The zero-order valence-electron chi connectivity index (χ0n) is 10.3. The van der Waals surface area contributed by atoms with Gasteiger partial charge >= 0.3 is 0 Å². The quantitative estimate of drug-likeness (QED) is 0.809. The molecule has 1 aromatic carbocycles. The highest BCUT2D eigenvalue weighted by Gasteiger charge is 2.12. The van der Waals surface area contributed by atoms with Gasteiger partial charge in [0.05, 0.1) is 18.0 Å². The molecule has 0 aliphatic heterocycles. The van der Waals surface area contributed by atoms with Gasteiger partial charge in [-0.3, -0.25) is 4.79 Å². The lowest BCUT2D eigenvalue weighted by Gasteiger charge is -2.20. The minimum Gasteiger partial charge on any atom is -0.392 e. The van der Waals surface area contributed by atoms with Crippen LogP contribution in [0, 0.1) is 6.92 Å². The minimum absolute atomic E-state index is 0.0610. The molecule has 3 nitrogen and oxygen atoms in total. The van der Waals surface area contributed by atoms with Gasteiger partial charge in [-0.15, -0.1) is 0 Å². The molecule has 0 aromatic heterocycles. The van der Waals surface area contributed by atoms with Crippen LogP contribution in [-0.2, 0) is 11.2 Å². The fraction of sp³-hybridized carbons (Fsp3) is 0.385. The molecule has 0 heterocycles. The summed E-state index contributed by atoms with van der Waals surface area (Å²) in [4.78, 5) is 14.0. The van der Waals surface area contributed by atoms with E-state index in [9.17, 15) is 4.79 Å². The molecule has 0 saturated heterocycles. The summed E-state index contributed by atoms with van der Waals surface area (Å²) < 4.78 is 0. The van der Waals surface area contributed by atoms with Crippen LogP contribution in [0.15, 0.2) is 24.3 Å². The second-order valence-corrected chi connectivity index (χ2v) is 4.56. The van der Waals surface area contributed by atoms with E-state index < -0.39 is 0 Å². The second kappa shape index (κ2) is 6.35. The Morgan fingerprint density at radius 1 is 1.47 bits per heavy atom. The van der Waals surface area contributed by atoms with Gasteiger partial charge in [0.2, 0.25) is 5.91 Å². The molecule has 17 heavy (non-hydrogen) atoms. The summed E-state index contributed by atoms with van der Waals surface area (Å²) in [6.07, 6.45) is 0.401. The predicted molar refractivity (Wildman–Crippen MR) is 73.9 cm³/mol. The van der Waals surface area contributed by atoms with E-state index in [0.717, 1.165) is 11.1 Å². The van der Waals surface area contributed by atoms with E-state index in [1.807, 2.05) is 38.1 Å². The number of nitrogens with two attached hydrogens (primary N) is 1. The van der Waals surface area contributed by atoms with Crippen molar-refractivity contribution in [2.75, 3.05) is 13.1 Å². The zero-order chi connectivity index (χ0) is 12.8. The highest BCUT2D eigenvalue weighted by atomic mass is 32.1. The van der Waals surface area contributed by atoms with Gasteiger partial charge in [0.15, 0.2) is 0 Å². The topological polar surface area (TPSA) is 46.3 Å². The van der Waals surface area contributed by atoms with Gasteiger partial charge in [-0.2, -0.15) is 0 Å². The summed E-state index contributed by atoms with van der Waals surface area (Å²) in [5.74, 6) is 0.0610. The number of amides is 1. The number of benzene rings is 1. The average Bonchev–Trinajstić information content (AvgIpc) is 2.25. The molecule has 4 heteroatoms. The Kier molecular flexibility index (Phi) is 5.10. The Labute approximate surface area is 108 Å². The first kappa shape index (κ1) is 13.6. The maximum absolute atomic E-state index is 12.0. The molecule has 0 aliphatic carbocycles. The lowest BCUT2D eigenvalue weighted by atomic mass is 10.1. The van der Waals surface area contributed by atoms with Crippen LogP contribution in [0.1, 0.15) is 18.1 Å². The first-order chi connectivity index (χ1) is 8.02. The van der Waals surface area contributed by atoms with E-state index in [4.69, 9.17) is 18.0 Å². The maximum Gasteiger partial charge on any atom is 0.227 e. The number of thiocarbonyl (C=S) groups is 1. The van der Waals surface area contributed by atoms with Crippen LogP contribution in [0.5, 0.6) is 0 Å². The highest BCUT2D eigenvalue weighted by Crippen LogP contribution is 2.06. The molecule has 0 radical (unpaired) electrons. The normalized spacial score (nSPS) is 10.0. The van der Waals surface area contributed by atoms with Gasteiger partial charge < -0.3 is 10.6 Å². The number of aryl methyl sites for hydroxylation is 1. The van der Waals surface area contributed by atoms with Crippen molar-refractivity contribution < 1.29 is 4.79 Å². The van der Waals surface area contributed by atoms with Gasteiger partial charge in [-0.1, -0.05) is 42.0 Å². The Balaban J connectivity index is 2.67. The van der Waals surface area contributed by atoms with Crippen molar-refractivity contribution in [3.8, 4) is 0 Å². The molecule has 2 N–H and O–H groups in total. The summed E-state index contributed by atoms with van der Waals surface area (Å²) in [6, 6.07) is 7.95. The summed E-state index contributed by atoms with van der Waals surface area (Å²) in [6.45, 7) is 4.92. The molecule has 0 aliphatic rings. The minimum atomic E-state index is 0.0610. The predicted octanol–water partition coefficient (Wildman–Crippen LogP) is 1.67. The van der Waals surface area contributed by atoms with Gasteiger partial charge in [0, 0.05) is 6.54 Å². The molecule has 1 aromatic rings. The van der Waals surface area contributed by atoms with Gasteiger partial charge in [-0.25, -0.2) is 0 Å². The molecule has 1 rings (SSSR count). The van der Waals surface area contributed by atoms with Crippen molar-refractivity contribution in [3.63, 3.8) is 0 Å². The van der Waals surface area contributed by atoms with Crippen LogP contribution < -0.4 is 5.73 Å². The van der Waals surface area contributed by atoms with Gasteiger partial charge in [0.1, 0.15) is 0 Å². The van der Waals surface area contributed by atoms with E-state index in [1.165, 1.54) is 0 Å². The van der Waals surface area contributed by atoms with Crippen LogP contribution in [0.3, 0.4) is 0 Å². The third-order valence-electron chi connectivity index (χ3n) is 2.52. The van der Waals surface area contributed by atoms with E-state index in [-0.39, 0.29) is 5.91 Å². The number of carbonyl (C=O) groups excluding carboxylic acids is 1. The van der Waals surface area contributed by atoms with Crippen LogP contribution in [0.4, 0.5) is 0 Å². The Bertz CT molecular complexity index is 418. The standard InChI is InChI=1S/C13H18N2OS/c1-3-15(9-12(14)17)13(16)8-11-6-4-5-10(2)7-11/h4-7H,3,8-9H2,1-2H3,(H2,14,17). The van der Waals surface area contributed by atoms with Gasteiger partial charge in [-0.05, 0) is 19.4 Å². The number of hydrogen-bond acceptors (Lipinski definition) is 2. The molecule has 1 amide bonds. The van der Waals surface area contributed by atoms with Crippen LogP contribution in [0.2, 0.25) is 0 Å². The van der Waals surface area contributed by atoms with Crippen molar-refractivity contribution >= 4 is 23.1 Å². The van der Waals surface area contributed by atoms with Crippen molar-refractivity contribution in [2.24, 2.45) is 5.73 Å². The van der Waals surface area contributed by atoms with E-state index in [0.29, 0.717) is 24.5 Å². The molecule has 0 unspecified atom stereocenters. The monoisotopic (exact) mass is 250 g/mol. The first-order valence-corrected chi connectivity index (χ1v) is 6.05. The lowest BCUT2D eigenvalue weighted by Crippen LogP contribution is -2.38. The maximum atomic E-state index is 12.0. The van der Waals surface area contributed by atoms with Crippen LogP contribution >= 0.6 is 12.2 Å². The summed E-state index contributed by atoms with van der Waals surface area (Å²) in [5.41, 5.74) is 7.65. The molecule has 92 valence electrons. The van der Waals surface area contributed by atoms with Crippen molar-refractivity contribution in [1.29, 1.82) is 0 Å². The summed E-state index contributed by atoms with van der Waals surface area (Å²) in [7, 11) is 0. The Hall–Kier alpha value is -1.42. The van der Waals surface area contributed by atoms with Gasteiger partial charge in [0.25, 0.3) is 0 Å². The zero-order valence-corrected chi connectivity index (χ0v) is 11.1. The Morgan fingerprint density at radius 2 is 2.18 bits per heavy atom. The molecule has 0 atom stereocenters. The van der Waals surface area contributed by atoms with Crippen molar-refractivity contribution in [2.45, 2.75) is 20.3 Å². The second-order valence-electron chi connectivity index (χ2n) is 4.04. The molecule has 0 fully saturated rings. The number of carbonyl (C=O) groups is 1. The van der Waals surface area contributed by atoms with Crippen LogP contribution in [-0.4, -0.2) is 28.9 Å². The Morgan fingerprint density at radius 3 is 2.71 bits per heavy atom. The van der Waals surface area contributed by atoms with Crippen LogP contribution in [0.25, 0.3) is 0 Å². The smallest absolute Gasteiger partial charge is 0.227 e. The van der Waals surface area contributed by atoms with Crippen molar-refractivity contribution in [3.05, 3.63) is 35.4 Å². The molecule has 0 spiro atoms. The lowest BCUT2D eigenvalue weighted by molar-refractivity contribution is -0.129. The molecule has 0 saturated carbocycles. The van der Waals surface area contributed by atoms with E-state index in [1.54, 1.807) is 4.90 Å². The number of hydrogen-bond donors (Lipinski definition) is 1. The third kappa shape index (κ3) is 4.53. The first-order valence-electron chi connectivity index (χ1n) is 5.64. The van der Waals surface area contributed by atoms with E-state index in [2.05, 4.69) is 0 Å². The molecular formula is C13H18N2OS. The summed E-state index contributed by atoms with van der Waals surface area (Å²) >= 11 is 4.83. The average molecular weight is 250 g/mol. The number of rotatable bonds is 5. The SMILES string of the molecule is CCN(CC(N)=S)C(=O)Cc1cccc(C)c1. The highest BCUT2D eigenvalue weighted by molar-refractivity contribution is 7.80. The largest absolute Gasteiger partial charge is 0.392 e. The fourth-order valence-corrected chi connectivity index (χ4v) is 1.83. The molecule has 0 bridgehead atoms. The third-order valence-corrected chi connectivity index (χ3v) is 2.65. The number of likely N-dealkylation sites (N-methyl/N-ethyl adjacent to an activating group) is 1. The number of nitrogens with zero attached hydrogens (tertiary/aromatic N) is 1. The molecular weight excluding hydrogens is 232 g/mol. The van der Waals surface area contributed by atoms with E-state index >= 15 is 0 Å². The van der Waals surface area contributed by atoms with Crippen molar-refractivity contribution in [1.82, 2.24) is 4.90 Å². The fourth-order valence-electron chi connectivity index (χ4n) is 1.67.